The Hall–Kier alpha value is -4.91. The number of carbonyl (C=O) groups excluding carboxylic acids is 3. The van der Waals surface area contributed by atoms with E-state index < -0.39 is 18.0 Å². The number of ether oxygens (including phenoxy) is 1. The number of benzene rings is 1. The van der Waals surface area contributed by atoms with Gasteiger partial charge in [0.15, 0.2) is 0 Å². The number of imidazole rings is 1. The van der Waals surface area contributed by atoms with Crippen molar-refractivity contribution in [3.8, 4) is 5.75 Å². The smallest absolute Gasteiger partial charge is 0.280 e. The van der Waals surface area contributed by atoms with Gasteiger partial charge in [0.05, 0.1) is 23.3 Å². The molecule has 2 N–H and O–H groups in total. The molecule has 3 aliphatic rings. The molecule has 54 heavy (non-hydrogen) atoms. The van der Waals surface area contributed by atoms with E-state index in [1.807, 2.05) is 36.6 Å². The molecular formula is C41H49F2N7O4. The number of alkyl halides is 2. The predicted octanol–water partition coefficient (Wildman–Crippen LogP) is 7.10. The lowest BCUT2D eigenvalue weighted by molar-refractivity contribution is -0.134. The molecule has 0 bridgehead atoms. The average Bonchev–Trinajstić information content (AvgIpc) is 3.58. The van der Waals surface area contributed by atoms with Gasteiger partial charge in [-0.05, 0) is 102 Å². The number of halogens is 2. The fourth-order valence-corrected chi connectivity index (χ4v) is 8.27. The Morgan fingerprint density at radius 2 is 1.72 bits per heavy atom. The van der Waals surface area contributed by atoms with Gasteiger partial charge >= 0.3 is 0 Å². The van der Waals surface area contributed by atoms with Crippen LogP contribution in [0.2, 0.25) is 0 Å². The van der Waals surface area contributed by atoms with E-state index in [0.717, 1.165) is 69.4 Å². The molecule has 1 atom stereocenters. The van der Waals surface area contributed by atoms with Crippen LogP contribution >= 0.6 is 0 Å². The molecule has 5 heterocycles. The summed E-state index contributed by atoms with van der Waals surface area (Å²) in [6, 6.07) is 14.7. The van der Waals surface area contributed by atoms with Gasteiger partial charge in [-0.3, -0.25) is 19.7 Å². The highest BCUT2D eigenvalue weighted by atomic mass is 19.3. The van der Waals surface area contributed by atoms with Crippen LogP contribution in [0.1, 0.15) is 111 Å². The molecule has 3 fully saturated rings. The number of carbonyl (C=O) groups is 3. The Labute approximate surface area is 314 Å². The van der Waals surface area contributed by atoms with E-state index >= 15 is 0 Å². The zero-order valence-electron chi connectivity index (χ0n) is 31.1. The summed E-state index contributed by atoms with van der Waals surface area (Å²) in [6.45, 7) is 6.81. The molecule has 7 rings (SSSR count). The van der Waals surface area contributed by atoms with E-state index in [1.54, 1.807) is 12.3 Å². The molecule has 11 nitrogen and oxygen atoms in total. The molecule has 1 aliphatic carbocycles. The van der Waals surface area contributed by atoms with E-state index in [1.165, 1.54) is 23.9 Å². The van der Waals surface area contributed by atoms with Crippen LogP contribution in [0.25, 0.3) is 5.65 Å². The maximum Gasteiger partial charge on any atom is 0.280 e. The Kier molecular flexibility index (Phi) is 11.2. The molecule has 3 amide bonds. The normalized spacial score (nSPS) is 21.3. The van der Waals surface area contributed by atoms with Gasteiger partial charge in [0.2, 0.25) is 11.8 Å². The molecule has 4 aromatic rings. The SMILES string of the molecule is CC(C)Oc1cc2nc([C@H]3CC[C@H](CN(C)C4CCN(c5ccc(C6CCC(=O)NC6=O)cc5)CC4)CC3)cn2cc1C(=O)Nc1cccc(C(F)F)n1. The number of pyridine rings is 2. The van der Waals surface area contributed by atoms with Crippen LogP contribution in [0.3, 0.4) is 0 Å². The number of aromatic nitrogens is 3. The number of fused-ring (bicyclic) bond motifs is 1. The molecule has 13 heteroatoms. The first kappa shape index (κ1) is 37.4. The number of imide groups is 1. The van der Waals surface area contributed by atoms with Crippen LogP contribution < -0.4 is 20.3 Å². The zero-order chi connectivity index (χ0) is 37.9. The number of amides is 3. The molecule has 0 radical (unpaired) electrons. The van der Waals surface area contributed by atoms with Gasteiger partial charge in [0.25, 0.3) is 12.3 Å². The lowest BCUT2D eigenvalue weighted by Gasteiger charge is -2.40. The maximum absolute atomic E-state index is 13.4. The van der Waals surface area contributed by atoms with Crippen molar-refractivity contribution in [1.82, 2.24) is 24.6 Å². The average molecular weight is 742 g/mol. The van der Waals surface area contributed by atoms with E-state index in [9.17, 15) is 23.2 Å². The van der Waals surface area contributed by atoms with Crippen molar-refractivity contribution in [2.75, 3.05) is 36.9 Å². The van der Waals surface area contributed by atoms with E-state index in [2.05, 4.69) is 44.6 Å². The largest absolute Gasteiger partial charge is 0.490 e. The summed E-state index contributed by atoms with van der Waals surface area (Å²) in [4.78, 5) is 51.0. The summed E-state index contributed by atoms with van der Waals surface area (Å²) in [6.07, 6.45) is 8.24. The highest BCUT2D eigenvalue weighted by Gasteiger charge is 2.30. The second kappa shape index (κ2) is 16.2. The van der Waals surface area contributed by atoms with Crippen molar-refractivity contribution in [2.45, 2.75) is 95.6 Å². The Balaban J connectivity index is 0.917. The van der Waals surface area contributed by atoms with Crippen LogP contribution in [-0.2, 0) is 9.59 Å². The fourth-order valence-electron chi connectivity index (χ4n) is 8.27. The number of nitrogens with one attached hydrogen (secondary N) is 2. The second-order valence-electron chi connectivity index (χ2n) is 15.3. The van der Waals surface area contributed by atoms with Crippen LogP contribution in [0, 0.1) is 5.92 Å². The molecule has 1 aromatic carbocycles. The molecular weight excluding hydrogens is 692 g/mol. The van der Waals surface area contributed by atoms with Gasteiger partial charge in [0, 0.05) is 62.2 Å². The Morgan fingerprint density at radius 1 is 0.981 bits per heavy atom. The van der Waals surface area contributed by atoms with E-state index in [-0.39, 0.29) is 35.2 Å². The third-order valence-corrected chi connectivity index (χ3v) is 11.2. The molecule has 0 spiro atoms. The summed E-state index contributed by atoms with van der Waals surface area (Å²) in [5, 5.41) is 5.10. The fraction of sp³-hybridized carbons (Fsp3) is 0.488. The molecule has 2 aliphatic heterocycles. The second-order valence-corrected chi connectivity index (χ2v) is 15.3. The Bertz CT molecular complexity index is 1970. The van der Waals surface area contributed by atoms with Crippen LogP contribution in [0.5, 0.6) is 5.75 Å². The number of nitrogens with zero attached hydrogens (tertiary/aromatic N) is 5. The summed E-state index contributed by atoms with van der Waals surface area (Å²) in [5.74, 6) is 0.216. The van der Waals surface area contributed by atoms with Crippen molar-refractivity contribution in [2.24, 2.45) is 5.92 Å². The van der Waals surface area contributed by atoms with Crippen molar-refractivity contribution in [3.63, 3.8) is 0 Å². The summed E-state index contributed by atoms with van der Waals surface area (Å²) in [7, 11) is 2.26. The predicted molar refractivity (Wildman–Crippen MR) is 202 cm³/mol. The molecule has 286 valence electrons. The highest BCUT2D eigenvalue weighted by Crippen LogP contribution is 2.37. The minimum atomic E-state index is -2.74. The maximum atomic E-state index is 13.4. The third kappa shape index (κ3) is 8.56. The monoisotopic (exact) mass is 741 g/mol. The lowest BCUT2D eigenvalue weighted by Crippen LogP contribution is -2.45. The molecule has 2 saturated heterocycles. The van der Waals surface area contributed by atoms with Crippen molar-refractivity contribution >= 4 is 34.9 Å². The van der Waals surface area contributed by atoms with E-state index in [4.69, 9.17) is 9.72 Å². The minimum Gasteiger partial charge on any atom is -0.490 e. The standard InChI is InChI=1S/C41H49F2N7O4/c1-25(2)54-35-21-37-45-34(24-50(37)23-32(35)41(53)46-36-6-4-5-33(44-36)39(42)43)28-9-7-26(8-10-28)22-48(3)29-17-19-49(20-18-29)30-13-11-27(12-14-30)31-15-16-38(51)47-40(31)52/h4-6,11-14,21,23-26,28-29,31,39H,7-10,15-20,22H2,1-3H3,(H,44,46,53)(H,47,51,52)/t26-,28-,31?. The van der Waals surface area contributed by atoms with Gasteiger partial charge < -0.3 is 24.3 Å². The van der Waals surface area contributed by atoms with Crippen LogP contribution in [0.4, 0.5) is 20.3 Å². The summed E-state index contributed by atoms with van der Waals surface area (Å²) < 4.78 is 34.3. The lowest BCUT2D eigenvalue weighted by atomic mass is 9.80. The molecule has 3 aromatic heterocycles. The number of piperidine rings is 2. The van der Waals surface area contributed by atoms with Gasteiger partial charge in [-0.1, -0.05) is 18.2 Å². The number of anilines is 2. The van der Waals surface area contributed by atoms with Gasteiger partial charge in [-0.2, -0.15) is 0 Å². The van der Waals surface area contributed by atoms with Gasteiger partial charge in [-0.25, -0.2) is 18.7 Å². The van der Waals surface area contributed by atoms with Crippen molar-refractivity contribution < 1.29 is 27.9 Å². The first-order valence-electron chi connectivity index (χ1n) is 19.1. The molecule has 1 unspecified atom stereocenters. The number of rotatable bonds is 11. The van der Waals surface area contributed by atoms with Crippen molar-refractivity contribution in [1.29, 1.82) is 0 Å². The van der Waals surface area contributed by atoms with Gasteiger partial charge in [0.1, 0.15) is 22.9 Å². The number of hydrogen-bond donors (Lipinski definition) is 2. The molecule has 1 saturated carbocycles. The number of hydrogen-bond acceptors (Lipinski definition) is 8. The summed E-state index contributed by atoms with van der Waals surface area (Å²) in [5.41, 5.74) is 3.69. The Morgan fingerprint density at radius 3 is 2.41 bits per heavy atom. The first-order valence-corrected chi connectivity index (χ1v) is 19.1. The quantitative estimate of drug-likeness (QED) is 0.156. The first-order chi connectivity index (χ1) is 26.0. The highest BCUT2D eigenvalue weighted by molar-refractivity contribution is 6.06. The summed E-state index contributed by atoms with van der Waals surface area (Å²) >= 11 is 0. The van der Waals surface area contributed by atoms with Crippen molar-refractivity contribution in [3.05, 3.63) is 83.4 Å². The minimum absolute atomic E-state index is 0.0447. The van der Waals surface area contributed by atoms with Crippen LogP contribution in [-0.4, -0.2) is 75.8 Å². The van der Waals surface area contributed by atoms with E-state index in [0.29, 0.717) is 42.1 Å². The zero-order valence-corrected chi connectivity index (χ0v) is 31.1. The van der Waals surface area contributed by atoms with Crippen LogP contribution in [0.15, 0.2) is 60.9 Å². The third-order valence-electron chi connectivity index (χ3n) is 11.2. The topological polar surface area (TPSA) is 121 Å². The van der Waals surface area contributed by atoms with Gasteiger partial charge in [-0.15, -0.1) is 0 Å².